The summed E-state index contributed by atoms with van der Waals surface area (Å²) in [6.45, 7) is 8.52. The summed E-state index contributed by atoms with van der Waals surface area (Å²) in [6.07, 6.45) is -0.541. The van der Waals surface area contributed by atoms with Crippen molar-refractivity contribution in [2.24, 2.45) is 0 Å². The number of carbonyl (C=O) groups excluding carboxylic acids is 1. The molecule has 1 fully saturated rings. The third-order valence-corrected chi connectivity index (χ3v) is 3.05. The van der Waals surface area contributed by atoms with Gasteiger partial charge in [0.2, 0.25) is 0 Å². The van der Waals surface area contributed by atoms with Gasteiger partial charge in [0.25, 0.3) is 0 Å². The Balaban J connectivity index is 2.09. The van der Waals surface area contributed by atoms with Crippen LogP contribution in [0.4, 0.5) is 20.6 Å². The van der Waals surface area contributed by atoms with Crippen LogP contribution in [0, 0.1) is 5.82 Å². The Morgan fingerprint density at radius 1 is 1.33 bits per heavy atom. The molecule has 6 heteroatoms. The fourth-order valence-electron chi connectivity index (χ4n) is 2.16. The molecule has 0 saturated carbocycles. The Labute approximate surface area is 124 Å². The fourth-order valence-corrected chi connectivity index (χ4v) is 2.16. The third-order valence-electron chi connectivity index (χ3n) is 3.05. The van der Waals surface area contributed by atoms with Gasteiger partial charge in [-0.15, -0.1) is 0 Å². The number of carbonyl (C=O) groups is 1. The van der Waals surface area contributed by atoms with Crippen molar-refractivity contribution >= 4 is 17.5 Å². The average Bonchev–Trinajstić information content (AvgIpc) is 2.40. The third kappa shape index (κ3) is 4.60. The molecule has 0 atom stereocenters. The monoisotopic (exact) mass is 295 g/mol. The lowest BCUT2D eigenvalue weighted by atomic mass is 10.2. The van der Waals surface area contributed by atoms with Gasteiger partial charge >= 0.3 is 6.09 Å². The minimum atomic E-state index is -0.564. The number of nitrogens with zero attached hydrogens (tertiary/aromatic N) is 1. The first-order valence-electron chi connectivity index (χ1n) is 7.10. The predicted octanol–water partition coefficient (Wildman–Crippen LogP) is 2.58. The maximum atomic E-state index is 14.0. The maximum absolute atomic E-state index is 14.0. The van der Waals surface area contributed by atoms with Crippen LogP contribution in [0.2, 0.25) is 0 Å². The van der Waals surface area contributed by atoms with Crippen LogP contribution in [0.25, 0.3) is 0 Å². The van der Waals surface area contributed by atoms with E-state index in [1.807, 2.05) is 4.90 Å². The number of amides is 1. The van der Waals surface area contributed by atoms with Crippen molar-refractivity contribution in [3.63, 3.8) is 0 Å². The number of anilines is 2. The summed E-state index contributed by atoms with van der Waals surface area (Å²) in [5, 5.41) is 5.86. The van der Waals surface area contributed by atoms with Crippen LogP contribution in [0.1, 0.15) is 20.8 Å². The normalized spacial score (nSPS) is 15.7. The van der Waals surface area contributed by atoms with Crippen molar-refractivity contribution in [1.29, 1.82) is 0 Å². The molecule has 116 valence electrons. The summed E-state index contributed by atoms with van der Waals surface area (Å²) in [6, 6.07) is 4.54. The van der Waals surface area contributed by atoms with Gasteiger partial charge in [-0.3, -0.25) is 5.32 Å². The van der Waals surface area contributed by atoms with Crippen LogP contribution in [0.15, 0.2) is 18.2 Å². The molecule has 1 saturated heterocycles. The summed E-state index contributed by atoms with van der Waals surface area (Å²) in [7, 11) is 0. The molecular weight excluding hydrogens is 273 g/mol. The second kappa shape index (κ2) is 6.30. The summed E-state index contributed by atoms with van der Waals surface area (Å²) in [5.74, 6) is -0.286. The van der Waals surface area contributed by atoms with Crippen LogP contribution < -0.4 is 15.5 Å². The number of benzene rings is 1. The fraction of sp³-hybridized carbons (Fsp3) is 0.533. The highest BCUT2D eigenvalue weighted by molar-refractivity contribution is 5.85. The molecule has 1 heterocycles. The lowest BCUT2D eigenvalue weighted by Gasteiger charge is -2.30. The zero-order valence-electron chi connectivity index (χ0n) is 12.7. The van der Waals surface area contributed by atoms with Crippen LogP contribution in [-0.2, 0) is 4.74 Å². The van der Waals surface area contributed by atoms with Crippen molar-refractivity contribution < 1.29 is 13.9 Å². The zero-order chi connectivity index (χ0) is 15.5. The minimum absolute atomic E-state index is 0.286. The van der Waals surface area contributed by atoms with E-state index >= 15 is 0 Å². The maximum Gasteiger partial charge on any atom is 0.412 e. The lowest BCUT2D eigenvalue weighted by Crippen LogP contribution is -2.43. The highest BCUT2D eigenvalue weighted by Gasteiger charge is 2.18. The molecule has 0 aliphatic carbocycles. The molecule has 2 rings (SSSR count). The summed E-state index contributed by atoms with van der Waals surface area (Å²) in [5.41, 5.74) is 0.468. The van der Waals surface area contributed by atoms with Crippen LogP contribution in [-0.4, -0.2) is 37.9 Å². The molecule has 0 bridgehead atoms. The number of nitrogens with one attached hydrogen (secondary N) is 2. The summed E-state index contributed by atoms with van der Waals surface area (Å²) in [4.78, 5) is 13.7. The molecule has 2 N–H and O–H groups in total. The highest BCUT2D eigenvalue weighted by atomic mass is 19.1. The number of ether oxygens (including phenoxy) is 1. The van der Waals surface area contributed by atoms with Gasteiger partial charge in [0.1, 0.15) is 11.4 Å². The quantitative estimate of drug-likeness (QED) is 0.880. The minimum Gasteiger partial charge on any atom is -0.444 e. The first-order chi connectivity index (χ1) is 9.85. The van der Waals surface area contributed by atoms with Gasteiger partial charge in [0.15, 0.2) is 0 Å². The number of rotatable bonds is 2. The Hall–Kier alpha value is -1.82. The molecule has 1 amide bonds. The molecule has 0 radical (unpaired) electrons. The van der Waals surface area contributed by atoms with Gasteiger partial charge in [0.05, 0.1) is 5.69 Å². The number of halogens is 1. The van der Waals surface area contributed by atoms with E-state index in [1.165, 1.54) is 12.1 Å². The first-order valence-corrected chi connectivity index (χ1v) is 7.10. The molecule has 1 aliphatic rings. The van der Waals surface area contributed by atoms with Crippen LogP contribution >= 0.6 is 0 Å². The van der Waals surface area contributed by atoms with E-state index in [-0.39, 0.29) is 5.82 Å². The standard InChI is InChI=1S/C15H22FN3O2/c1-15(2,3)21-14(20)18-11-4-5-12(16)13(10-11)19-8-6-17-7-9-19/h4-5,10,17H,6-9H2,1-3H3,(H,18,20). The van der Waals surface area contributed by atoms with Crippen molar-refractivity contribution in [2.45, 2.75) is 26.4 Å². The van der Waals surface area contributed by atoms with E-state index in [0.29, 0.717) is 11.4 Å². The van der Waals surface area contributed by atoms with Gasteiger partial charge < -0.3 is 15.0 Å². The van der Waals surface area contributed by atoms with Crippen molar-refractivity contribution in [3.8, 4) is 0 Å². The SMILES string of the molecule is CC(C)(C)OC(=O)Nc1ccc(F)c(N2CCNCC2)c1. The largest absolute Gasteiger partial charge is 0.444 e. The zero-order valence-corrected chi connectivity index (χ0v) is 12.7. The lowest BCUT2D eigenvalue weighted by molar-refractivity contribution is 0.0636. The molecule has 1 aromatic rings. The van der Waals surface area contributed by atoms with E-state index in [2.05, 4.69) is 10.6 Å². The molecule has 21 heavy (non-hydrogen) atoms. The molecular formula is C15H22FN3O2. The van der Waals surface area contributed by atoms with Gasteiger partial charge in [-0.25, -0.2) is 9.18 Å². The van der Waals surface area contributed by atoms with E-state index in [0.717, 1.165) is 26.2 Å². The smallest absolute Gasteiger partial charge is 0.412 e. The second-order valence-corrected chi connectivity index (χ2v) is 6.03. The van der Waals surface area contributed by atoms with E-state index in [9.17, 15) is 9.18 Å². The molecule has 0 unspecified atom stereocenters. The van der Waals surface area contributed by atoms with Crippen LogP contribution in [0.5, 0.6) is 0 Å². The van der Waals surface area contributed by atoms with Gasteiger partial charge in [0, 0.05) is 31.9 Å². The van der Waals surface area contributed by atoms with E-state index < -0.39 is 11.7 Å². The van der Waals surface area contributed by atoms with E-state index in [4.69, 9.17) is 4.74 Å². The molecule has 0 aromatic heterocycles. The number of piperazine rings is 1. The van der Waals surface area contributed by atoms with Crippen molar-refractivity contribution in [1.82, 2.24) is 5.32 Å². The number of hydrogen-bond acceptors (Lipinski definition) is 4. The van der Waals surface area contributed by atoms with Crippen LogP contribution in [0.3, 0.4) is 0 Å². The van der Waals surface area contributed by atoms with Crippen molar-refractivity contribution in [2.75, 3.05) is 36.4 Å². The molecule has 1 aliphatic heterocycles. The number of hydrogen-bond donors (Lipinski definition) is 2. The Bertz CT molecular complexity index is 508. The van der Waals surface area contributed by atoms with Gasteiger partial charge in [-0.05, 0) is 39.0 Å². The predicted molar refractivity (Wildman–Crippen MR) is 81.3 cm³/mol. The highest BCUT2D eigenvalue weighted by Crippen LogP contribution is 2.24. The van der Waals surface area contributed by atoms with Gasteiger partial charge in [-0.1, -0.05) is 0 Å². The Kier molecular flexibility index (Phi) is 4.67. The topological polar surface area (TPSA) is 53.6 Å². The summed E-state index contributed by atoms with van der Waals surface area (Å²) >= 11 is 0. The van der Waals surface area contributed by atoms with Crippen molar-refractivity contribution in [3.05, 3.63) is 24.0 Å². The molecule has 5 nitrogen and oxygen atoms in total. The second-order valence-electron chi connectivity index (χ2n) is 6.03. The van der Waals surface area contributed by atoms with E-state index in [1.54, 1.807) is 26.8 Å². The molecule has 0 spiro atoms. The van der Waals surface area contributed by atoms with Gasteiger partial charge in [-0.2, -0.15) is 0 Å². The molecule has 1 aromatic carbocycles. The first kappa shape index (κ1) is 15.6. The summed E-state index contributed by atoms with van der Waals surface area (Å²) < 4.78 is 19.1. The average molecular weight is 295 g/mol. The Morgan fingerprint density at radius 2 is 2.00 bits per heavy atom. The Morgan fingerprint density at radius 3 is 2.62 bits per heavy atom.